The zero-order valence-corrected chi connectivity index (χ0v) is 19.5. The second-order valence-corrected chi connectivity index (χ2v) is 10.6. The van der Waals surface area contributed by atoms with Crippen molar-refractivity contribution in [1.82, 2.24) is 9.97 Å². The molecule has 1 unspecified atom stereocenters. The van der Waals surface area contributed by atoms with Crippen LogP contribution in [0.1, 0.15) is 44.1 Å². The normalized spacial score (nSPS) is 28.9. The summed E-state index contributed by atoms with van der Waals surface area (Å²) in [7, 11) is 0. The minimum absolute atomic E-state index is 0.0871. The summed E-state index contributed by atoms with van der Waals surface area (Å²) in [5.41, 5.74) is -0.357. The Bertz CT molecular complexity index is 972. The Balaban J connectivity index is 1.28. The number of ether oxygens (including phenoxy) is 1. The lowest BCUT2D eigenvalue weighted by molar-refractivity contribution is -0.939. The molecule has 176 valence electrons. The average molecular weight is 472 g/mol. The summed E-state index contributed by atoms with van der Waals surface area (Å²) in [6.07, 6.45) is 9.85. The third-order valence-corrected chi connectivity index (χ3v) is 8.52. The Labute approximate surface area is 197 Å². The third-order valence-electron chi connectivity index (χ3n) is 7.84. The van der Waals surface area contributed by atoms with Crippen LogP contribution in [0.25, 0.3) is 0 Å². The van der Waals surface area contributed by atoms with E-state index in [1.54, 1.807) is 12.4 Å². The predicted molar refractivity (Wildman–Crippen MR) is 123 cm³/mol. The molecule has 1 amide bonds. The molecule has 1 saturated carbocycles. The Morgan fingerprint density at radius 1 is 1.18 bits per heavy atom. The van der Waals surface area contributed by atoms with Crippen LogP contribution in [0.4, 0.5) is 5.69 Å². The number of hydrogen-bond acceptors (Lipinski definition) is 7. The number of rotatable bonds is 7. The monoisotopic (exact) mass is 471 g/mol. The number of aromatic nitrogens is 2. The van der Waals surface area contributed by atoms with Gasteiger partial charge in [0.15, 0.2) is 18.2 Å². The van der Waals surface area contributed by atoms with Crippen molar-refractivity contribution >= 4 is 28.9 Å². The molecule has 0 radical (unpaired) electrons. The third kappa shape index (κ3) is 4.41. The minimum Gasteiger partial charge on any atom is -0.454 e. The Morgan fingerprint density at radius 2 is 1.91 bits per heavy atom. The van der Waals surface area contributed by atoms with Crippen molar-refractivity contribution in [2.75, 3.05) is 31.5 Å². The summed E-state index contributed by atoms with van der Waals surface area (Å²) in [6, 6.07) is 1.84. The molecule has 2 aromatic rings. The van der Waals surface area contributed by atoms with Gasteiger partial charge in [-0.2, -0.15) is 11.3 Å². The molecule has 0 spiro atoms. The summed E-state index contributed by atoms with van der Waals surface area (Å²) < 4.78 is 6.71. The number of thiophene rings is 1. The molecule has 1 aliphatic carbocycles. The van der Waals surface area contributed by atoms with E-state index in [-0.39, 0.29) is 23.8 Å². The van der Waals surface area contributed by atoms with Crippen molar-refractivity contribution in [2.45, 2.75) is 50.2 Å². The van der Waals surface area contributed by atoms with Gasteiger partial charge in [-0.15, -0.1) is 0 Å². The van der Waals surface area contributed by atoms with E-state index in [4.69, 9.17) is 4.74 Å². The lowest BCUT2D eigenvalue weighted by atomic mass is 9.80. The maximum absolute atomic E-state index is 13.5. The summed E-state index contributed by atoms with van der Waals surface area (Å²) in [5.74, 6) is -0.427. The molecular formula is C24H31N4O4S+. The first-order valence-corrected chi connectivity index (χ1v) is 12.8. The molecular weight excluding hydrogens is 440 g/mol. The van der Waals surface area contributed by atoms with Gasteiger partial charge in [-0.05, 0) is 29.7 Å². The highest BCUT2D eigenvalue weighted by Gasteiger charge is 2.53. The summed E-state index contributed by atoms with van der Waals surface area (Å²) in [6.45, 7) is 2.73. The highest BCUT2D eigenvalue weighted by atomic mass is 32.1. The van der Waals surface area contributed by atoms with Gasteiger partial charge in [0, 0.05) is 30.2 Å². The van der Waals surface area contributed by atoms with Crippen LogP contribution in [0.5, 0.6) is 0 Å². The van der Waals surface area contributed by atoms with Crippen LogP contribution in [0.3, 0.4) is 0 Å². The van der Waals surface area contributed by atoms with Crippen molar-refractivity contribution < 1.29 is 23.9 Å². The standard InChI is InChI=1S/C24H30N4O4S/c29-22(27-20-11-25-16-26-12-20)14-28-8-5-17(6-9-28)21(13-28)32-23(30)24(31,18-3-1-2-4-18)19-7-10-33-15-19/h7,10-12,15-18,21,31H,1-6,8-9,13-14H2/p+1/t17?,21?,24-,28?/m1/s1. The second kappa shape index (κ2) is 9.12. The van der Waals surface area contributed by atoms with Gasteiger partial charge >= 0.3 is 5.97 Å². The first kappa shape index (κ1) is 22.4. The van der Waals surface area contributed by atoms with Gasteiger partial charge in [0.2, 0.25) is 0 Å². The number of carbonyl (C=O) groups is 2. The SMILES string of the molecule is O=C(C[N+]12CCC(CC1)C(OC(=O)[C@](O)(c1ccsc1)C1CCCC1)C2)Nc1cncnc1. The largest absolute Gasteiger partial charge is 0.454 e. The van der Waals surface area contributed by atoms with Crippen molar-refractivity contribution in [3.8, 4) is 0 Å². The van der Waals surface area contributed by atoms with E-state index in [9.17, 15) is 14.7 Å². The number of fused-ring (bicyclic) bond motifs is 3. The molecule has 4 fully saturated rings. The van der Waals surface area contributed by atoms with E-state index in [1.165, 1.54) is 17.7 Å². The van der Waals surface area contributed by atoms with Gasteiger partial charge in [0.25, 0.3) is 5.91 Å². The molecule has 2 atom stereocenters. The van der Waals surface area contributed by atoms with E-state index in [2.05, 4.69) is 15.3 Å². The number of nitrogens with zero attached hydrogens (tertiary/aromatic N) is 3. The zero-order valence-electron chi connectivity index (χ0n) is 18.7. The number of anilines is 1. The maximum Gasteiger partial charge on any atom is 0.343 e. The van der Waals surface area contributed by atoms with Gasteiger partial charge in [-0.25, -0.2) is 14.8 Å². The molecule has 2 bridgehead atoms. The summed E-state index contributed by atoms with van der Waals surface area (Å²) in [5, 5.41) is 18.3. The van der Waals surface area contributed by atoms with Crippen LogP contribution < -0.4 is 5.32 Å². The second-order valence-electron chi connectivity index (χ2n) is 9.85. The minimum atomic E-state index is -1.59. The van der Waals surface area contributed by atoms with Gasteiger partial charge in [-0.3, -0.25) is 4.79 Å². The number of amides is 1. The Kier molecular flexibility index (Phi) is 6.20. The lowest BCUT2D eigenvalue weighted by Gasteiger charge is -2.51. The Morgan fingerprint density at radius 3 is 2.58 bits per heavy atom. The van der Waals surface area contributed by atoms with Crippen LogP contribution in [-0.2, 0) is 19.9 Å². The van der Waals surface area contributed by atoms with Crippen LogP contribution >= 0.6 is 11.3 Å². The smallest absolute Gasteiger partial charge is 0.343 e. The van der Waals surface area contributed by atoms with Crippen molar-refractivity contribution in [2.24, 2.45) is 11.8 Å². The van der Waals surface area contributed by atoms with E-state index in [0.717, 1.165) is 51.6 Å². The molecule has 4 aliphatic rings. The number of piperidine rings is 3. The molecule has 5 heterocycles. The zero-order chi connectivity index (χ0) is 22.9. The number of hydrogen-bond donors (Lipinski definition) is 2. The molecule has 3 saturated heterocycles. The summed E-state index contributed by atoms with van der Waals surface area (Å²) >= 11 is 1.48. The predicted octanol–water partition coefficient (Wildman–Crippen LogP) is 2.71. The maximum atomic E-state index is 13.5. The molecule has 2 N–H and O–H groups in total. The molecule has 33 heavy (non-hydrogen) atoms. The number of aliphatic hydroxyl groups is 1. The van der Waals surface area contributed by atoms with Crippen LogP contribution in [-0.4, -0.2) is 63.7 Å². The van der Waals surface area contributed by atoms with Gasteiger partial charge in [0.1, 0.15) is 12.9 Å². The van der Waals surface area contributed by atoms with Gasteiger partial charge in [0.05, 0.1) is 31.2 Å². The lowest BCUT2D eigenvalue weighted by Crippen LogP contribution is -2.66. The fraction of sp³-hybridized carbons (Fsp3) is 0.583. The fourth-order valence-electron chi connectivity index (χ4n) is 6.02. The fourth-order valence-corrected chi connectivity index (χ4v) is 6.73. The number of esters is 1. The van der Waals surface area contributed by atoms with Gasteiger partial charge in [-0.1, -0.05) is 12.8 Å². The number of carbonyl (C=O) groups excluding carboxylic acids is 2. The van der Waals surface area contributed by atoms with Crippen LogP contribution in [0.2, 0.25) is 0 Å². The highest BCUT2D eigenvalue weighted by Crippen LogP contribution is 2.43. The highest BCUT2D eigenvalue weighted by molar-refractivity contribution is 7.08. The van der Waals surface area contributed by atoms with Crippen LogP contribution in [0, 0.1) is 11.8 Å². The van der Waals surface area contributed by atoms with E-state index in [1.807, 2.05) is 16.8 Å². The average Bonchev–Trinajstić information content (AvgIpc) is 3.54. The molecule has 8 nitrogen and oxygen atoms in total. The van der Waals surface area contributed by atoms with E-state index in [0.29, 0.717) is 28.8 Å². The molecule has 6 rings (SSSR count). The molecule has 2 aromatic heterocycles. The van der Waals surface area contributed by atoms with Crippen molar-refractivity contribution in [3.05, 3.63) is 41.1 Å². The number of nitrogens with one attached hydrogen (secondary N) is 1. The quantitative estimate of drug-likeness (QED) is 0.476. The number of quaternary nitrogens is 1. The molecule has 3 aliphatic heterocycles. The van der Waals surface area contributed by atoms with Crippen molar-refractivity contribution in [1.29, 1.82) is 0 Å². The first-order chi connectivity index (χ1) is 16.0. The molecule has 9 heteroatoms. The topological polar surface area (TPSA) is 101 Å². The summed E-state index contributed by atoms with van der Waals surface area (Å²) in [4.78, 5) is 34.1. The van der Waals surface area contributed by atoms with Gasteiger partial charge < -0.3 is 19.6 Å². The molecule has 0 aromatic carbocycles. The van der Waals surface area contributed by atoms with Crippen molar-refractivity contribution in [3.63, 3.8) is 0 Å². The van der Waals surface area contributed by atoms with E-state index < -0.39 is 11.6 Å². The van der Waals surface area contributed by atoms with Crippen LogP contribution in [0.15, 0.2) is 35.5 Å². The van der Waals surface area contributed by atoms with E-state index >= 15 is 0 Å². The Hall–Kier alpha value is -2.36. The first-order valence-electron chi connectivity index (χ1n) is 11.8.